The Labute approximate surface area is 176 Å². The number of nitrogens with one attached hydrogen (secondary N) is 1. The van der Waals surface area contributed by atoms with E-state index in [2.05, 4.69) is 17.0 Å². The minimum atomic E-state index is -0.178. The minimum Gasteiger partial charge on any atom is -0.368 e. The Morgan fingerprint density at radius 1 is 1.25 bits per heavy atom. The maximum Gasteiger partial charge on any atom is 0.296 e. The van der Waals surface area contributed by atoms with Crippen LogP contribution in [-0.2, 0) is 0 Å². The van der Waals surface area contributed by atoms with E-state index in [0.29, 0.717) is 16.4 Å². The molecule has 2 heterocycles. The number of rotatable bonds is 4. The number of aromatic nitrogens is 2. The van der Waals surface area contributed by atoms with Crippen LogP contribution in [0.3, 0.4) is 0 Å². The third-order valence-corrected chi connectivity index (χ3v) is 5.21. The standard InChI is InChI=1S/C20H20ClN3OS.C2H6/c1-5-16(11-6-12(2)3)24-20(25)18-19(26-13(4)22-18)17(23-24)14-7-9-15(21)10-8-14;1-2/h5-11,13,22H,1H2,2-4H3;1-2H3/b16-11+;. The second-order valence-electron chi connectivity index (χ2n) is 6.22. The molecule has 28 heavy (non-hydrogen) atoms. The molecule has 0 aliphatic carbocycles. The monoisotopic (exact) mass is 415 g/mol. The van der Waals surface area contributed by atoms with Gasteiger partial charge in [0.1, 0.15) is 11.4 Å². The fourth-order valence-corrected chi connectivity index (χ4v) is 3.80. The zero-order valence-electron chi connectivity index (χ0n) is 16.9. The Morgan fingerprint density at radius 3 is 2.46 bits per heavy atom. The molecule has 0 radical (unpaired) electrons. The van der Waals surface area contributed by atoms with E-state index in [1.165, 1.54) is 4.68 Å². The zero-order chi connectivity index (χ0) is 20.8. The highest BCUT2D eigenvalue weighted by molar-refractivity contribution is 8.00. The highest BCUT2D eigenvalue weighted by Crippen LogP contribution is 2.41. The van der Waals surface area contributed by atoms with E-state index < -0.39 is 0 Å². The van der Waals surface area contributed by atoms with E-state index >= 15 is 0 Å². The maximum atomic E-state index is 13.0. The summed E-state index contributed by atoms with van der Waals surface area (Å²) in [5.74, 6) is 0. The Morgan fingerprint density at radius 2 is 1.89 bits per heavy atom. The van der Waals surface area contributed by atoms with Gasteiger partial charge in [-0.05, 0) is 45.1 Å². The summed E-state index contributed by atoms with van der Waals surface area (Å²) in [6.45, 7) is 13.9. The van der Waals surface area contributed by atoms with Crippen molar-refractivity contribution in [2.45, 2.75) is 44.9 Å². The molecule has 1 aliphatic heterocycles. The second-order valence-corrected chi connectivity index (χ2v) is 8.01. The lowest BCUT2D eigenvalue weighted by atomic mass is 10.1. The first-order valence-corrected chi connectivity index (χ1v) is 10.5. The lowest BCUT2D eigenvalue weighted by Crippen LogP contribution is -2.25. The van der Waals surface area contributed by atoms with Crippen LogP contribution in [0.1, 0.15) is 34.6 Å². The van der Waals surface area contributed by atoms with Gasteiger partial charge in [0.25, 0.3) is 5.56 Å². The predicted octanol–water partition coefficient (Wildman–Crippen LogP) is 6.45. The van der Waals surface area contributed by atoms with Crippen molar-refractivity contribution in [3.8, 4) is 11.3 Å². The van der Waals surface area contributed by atoms with Crippen molar-refractivity contribution < 1.29 is 0 Å². The van der Waals surface area contributed by atoms with Gasteiger partial charge in [0.05, 0.1) is 16.0 Å². The number of fused-ring (bicyclic) bond motifs is 1. The van der Waals surface area contributed by atoms with E-state index in [-0.39, 0.29) is 10.9 Å². The first-order valence-electron chi connectivity index (χ1n) is 9.25. The predicted molar refractivity (Wildman–Crippen MR) is 123 cm³/mol. The van der Waals surface area contributed by atoms with Gasteiger partial charge in [-0.3, -0.25) is 4.79 Å². The average Bonchev–Trinajstić information content (AvgIpc) is 3.08. The average molecular weight is 416 g/mol. The lowest BCUT2D eigenvalue weighted by Gasteiger charge is -2.12. The van der Waals surface area contributed by atoms with Crippen molar-refractivity contribution in [2.75, 3.05) is 5.32 Å². The van der Waals surface area contributed by atoms with Crippen LogP contribution in [0.2, 0.25) is 5.02 Å². The number of nitrogens with zero attached hydrogens (tertiary/aromatic N) is 2. The third-order valence-electron chi connectivity index (χ3n) is 3.85. The van der Waals surface area contributed by atoms with E-state index in [4.69, 9.17) is 11.6 Å². The van der Waals surface area contributed by atoms with Gasteiger partial charge in [-0.15, -0.1) is 0 Å². The van der Waals surface area contributed by atoms with Crippen LogP contribution in [0.15, 0.2) is 64.3 Å². The fraction of sp³-hybridized carbons (Fsp3) is 0.273. The molecule has 1 unspecified atom stereocenters. The Balaban J connectivity index is 0.00000136. The first-order chi connectivity index (χ1) is 13.4. The molecule has 1 atom stereocenters. The van der Waals surface area contributed by atoms with Crippen molar-refractivity contribution in [1.82, 2.24) is 9.78 Å². The van der Waals surface area contributed by atoms with Gasteiger partial charge in [-0.25, -0.2) is 0 Å². The second kappa shape index (κ2) is 9.80. The Kier molecular flexibility index (Phi) is 7.72. The van der Waals surface area contributed by atoms with E-state index in [1.54, 1.807) is 17.8 Å². The highest BCUT2D eigenvalue weighted by atomic mass is 35.5. The molecule has 148 valence electrons. The zero-order valence-corrected chi connectivity index (χ0v) is 18.5. The van der Waals surface area contributed by atoms with Gasteiger partial charge in [0.2, 0.25) is 0 Å². The van der Waals surface area contributed by atoms with Crippen molar-refractivity contribution in [2.24, 2.45) is 0 Å². The normalized spacial score (nSPS) is 15.1. The van der Waals surface area contributed by atoms with Crippen LogP contribution in [-0.4, -0.2) is 15.2 Å². The largest absolute Gasteiger partial charge is 0.368 e. The smallest absolute Gasteiger partial charge is 0.296 e. The van der Waals surface area contributed by atoms with Crippen LogP contribution in [0.25, 0.3) is 17.0 Å². The molecule has 0 bridgehead atoms. The molecule has 0 amide bonds. The number of halogens is 1. The molecule has 1 aliphatic rings. The molecule has 2 aromatic rings. The van der Waals surface area contributed by atoms with Gasteiger partial charge >= 0.3 is 0 Å². The minimum absolute atomic E-state index is 0.107. The molecule has 0 fully saturated rings. The van der Waals surface area contributed by atoms with Gasteiger partial charge < -0.3 is 5.32 Å². The van der Waals surface area contributed by atoms with Crippen molar-refractivity contribution in [3.63, 3.8) is 0 Å². The van der Waals surface area contributed by atoms with Crippen LogP contribution in [0.5, 0.6) is 0 Å². The lowest BCUT2D eigenvalue weighted by molar-refractivity contribution is 0.825. The summed E-state index contributed by atoms with van der Waals surface area (Å²) in [6.07, 6.45) is 5.42. The summed E-state index contributed by atoms with van der Waals surface area (Å²) < 4.78 is 1.40. The molecular weight excluding hydrogens is 390 g/mol. The van der Waals surface area contributed by atoms with Crippen molar-refractivity contribution >= 4 is 34.7 Å². The molecular formula is C22H26ClN3OS. The molecule has 1 aromatic heterocycles. The number of thioether (sulfide) groups is 1. The van der Waals surface area contributed by atoms with Crippen LogP contribution >= 0.6 is 23.4 Å². The fourth-order valence-electron chi connectivity index (χ4n) is 2.61. The quantitative estimate of drug-likeness (QED) is 0.583. The van der Waals surface area contributed by atoms with Gasteiger partial charge in [0.15, 0.2) is 0 Å². The molecule has 3 rings (SSSR count). The van der Waals surface area contributed by atoms with E-state index in [1.807, 2.05) is 71.0 Å². The summed E-state index contributed by atoms with van der Waals surface area (Å²) in [5.41, 5.74) is 3.81. The van der Waals surface area contributed by atoms with E-state index in [0.717, 1.165) is 21.7 Å². The molecule has 0 saturated carbocycles. The summed E-state index contributed by atoms with van der Waals surface area (Å²) in [6, 6.07) is 7.47. The highest BCUT2D eigenvalue weighted by Gasteiger charge is 2.27. The van der Waals surface area contributed by atoms with Gasteiger partial charge in [-0.1, -0.05) is 67.6 Å². The molecule has 1 aromatic carbocycles. The molecule has 0 spiro atoms. The molecule has 1 N–H and O–H groups in total. The topological polar surface area (TPSA) is 46.9 Å². The molecule has 6 heteroatoms. The number of hydrogen-bond donors (Lipinski definition) is 1. The number of allylic oxidation sites excluding steroid dienone is 5. The number of anilines is 1. The van der Waals surface area contributed by atoms with Crippen molar-refractivity contribution in [1.29, 1.82) is 0 Å². The SMILES string of the molecule is C=C/C(=C\C=C(C)C)n1nc(-c2ccc(Cl)cc2)c2c(c1=O)NC(C)S2.CC. The summed E-state index contributed by atoms with van der Waals surface area (Å²) >= 11 is 7.62. The van der Waals surface area contributed by atoms with Gasteiger partial charge in [0, 0.05) is 10.6 Å². The summed E-state index contributed by atoms with van der Waals surface area (Å²) in [7, 11) is 0. The van der Waals surface area contributed by atoms with E-state index in [9.17, 15) is 4.79 Å². The molecule has 0 saturated heterocycles. The van der Waals surface area contributed by atoms with Crippen LogP contribution in [0.4, 0.5) is 5.69 Å². The number of benzene rings is 1. The Hall–Kier alpha value is -2.24. The molecule has 4 nitrogen and oxygen atoms in total. The summed E-state index contributed by atoms with van der Waals surface area (Å²) in [4.78, 5) is 13.9. The first kappa shape index (κ1) is 22.1. The summed E-state index contributed by atoms with van der Waals surface area (Å²) in [5, 5.41) is 8.68. The van der Waals surface area contributed by atoms with Crippen LogP contribution < -0.4 is 10.9 Å². The Bertz CT molecular complexity index is 971. The van der Waals surface area contributed by atoms with Gasteiger partial charge in [-0.2, -0.15) is 9.78 Å². The maximum absolute atomic E-state index is 13.0. The van der Waals surface area contributed by atoms with Crippen molar-refractivity contribution in [3.05, 3.63) is 70.0 Å². The third kappa shape index (κ3) is 4.78. The number of hydrogen-bond acceptors (Lipinski definition) is 4. The van der Waals surface area contributed by atoms with Crippen LogP contribution in [0, 0.1) is 0 Å².